The molecule has 0 aliphatic carbocycles. The fraction of sp³-hybridized carbons (Fsp3) is 0.269. The van der Waals surface area contributed by atoms with Gasteiger partial charge in [-0.2, -0.15) is 0 Å². The van der Waals surface area contributed by atoms with Crippen LogP contribution in [0.15, 0.2) is 57.1 Å². The van der Waals surface area contributed by atoms with Crippen molar-refractivity contribution in [3.63, 3.8) is 0 Å². The molecule has 33 heavy (non-hydrogen) atoms. The molecule has 2 aromatic heterocycles. The number of carbonyl (C=O) groups excluding carboxylic acids is 1. The number of fused-ring (bicyclic) bond motifs is 1. The fourth-order valence-corrected chi connectivity index (χ4v) is 4.73. The van der Waals surface area contributed by atoms with Crippen molar-refractivity contribution in [1.82, 2.24) is 4.98 Å². The number of amides is 1. The van der Waals surface area contributed by atoms with E-state index >= 15 is 0 Å². The molecule has 0 bridgehead atoms. The van der Waals surface area contributed by atoms with Crippen LogP contribution in [0.1, 0.15) is 42.7 Å². The molecule has 0 saturated carbocycles. The summed E-state index contributed by atoms with van der Waals surface area (Å²) in [5.74, 6) is 0.489. The van der Waals surface area contributed by atoms with Gasteiger partial charge < -0.3 is 9.15 Å². The Morgan fingerprint density at radius 1 is 1.15 bits per heavy atom. The molecule has 7 heteroatoms. The van der Waals surface area contributed by atoms with E-state index in [-0.39, 0.29) is 18.1 Å². The molecule has 4 rings (SSSR count). The molecule has 0 fully saturated rings. The highest BCUT2D eigenvalue weighted by molar-refractivity contribution is 7.14. The first-order valence-corrected chi connectivity index (χ1v) is 11.8. The topological polar surface area (TPSA) is 72.6 Å². The van der Waals surface area contributed by atoms with E-state index in [2.05, 4.69) is 11.9 Å². The van der Waals surface area contributed by atoms with E-state index < -0.39 is 0 Å². The third-order valence-electron chi connectivity index (χ3n) is 5.35. The van der Waals surface area contributed by atoms with Crippen LogP contribution in [-0.2, 0) is 17.8 Å². The van der Waals surface area contributed by atoms with Crippen molar-refractivity contribution < 1.29 is 13.9 Å². The van der Waals surface area contributed by atoms with Crippen LogP contribution in [-0.4, -0.2) is 10.9 Å². The molecule has 2 heterocycles. The third kappa shape index (κ3) is 4.98. The van der Waals surface area contributed by atoms with E-state index in [0.717, 1.165) is 40.6 Å². The van der Waals surface area contributed by atoms with Crippen LogP contribution in [0.4, 0.5) is 10.8 Å². The molecule has 0 N–H and O–H groups in total. The van der Waals surface area contributed by atoms with Crippen LogP contribution < -0.4 is 15.3 Å². The molecule has 0 aliphatic heterocycles. The van der Waals surface area contributed by atoms with Crippen molar-refractivity contribution in [2.75, 3.05) is 4.90 Å². The second kappa shape index (κ2) is 9.58. The summed E-state index contributed by atoms with van der Waals surface area (Å²) in [6, 6.07) is 13.1. The first-order chi connectivity index (χ1) is 15.9. The molecule has 0 spiro atoms. The number of nitrogens with zero attached hydrogens (tertiary/aromatic N) is 2. The summed E-state index contributed by atoms with van der Waals surface area (Å²) >= 11 is 1.39. The number of rotatable bonds is 7. The minimum absolute atomic E-state index is 0.101. The number of carbonyl (C=O) groups is 1. The molecule has 0 saturated heterocycles. The van der Waals surface area contributed by atoms with Gasteiger partial charge in [-0.05, 0) is 49.6 Å². The van der Waals surface area contributed by atoms with Gasteiger partial charge in [0.25, 0.3) is 0 Å². The van der Waals surface area contributed by atoms with Crippen molar-refractivity contribution >= 4 is 39.0 Å². The molecular formula is C26H26N2O4S. The first kappa shape index (κ1) is 22.7. The maximum absolute atomic E-state index is 12.4. The smallest absolute Gasteiger partial charge is 0.336 e. The summed E-state index contributed by atoms with van der Waals surface area (Å²) in [5, 5.41) is 3.40. The molecule has 0 radical (unpaired) electrons. The maximum Gasteiger partial charge on any atom is 0.336 e. The average molecular weight is 463 g/mol. The number of aryl methyl sites for hydroxylation is 3. The van der Waals surface area contributed by atoms with Crippen molar-refractivity contribution in [3.8, 4) is 5.75 Å². The number of hydrogen-bond donors (Lipinski definition) is 0. The third-order valence-corrected chi connectivity index (χ3v) is 6.22. The maximum atomic E-state index is 12.4. The molecule has 2 aromatic carbocycles. The quantitative estimate of drug-likeness (QED) is 0.311. The fourth-order valence-electron chi connectivity index (χ4n) is 3.86. The summed E-state index contributed by atoms with van der Waals surface area (Å²) in [6.45, 7) is 7.86. The van der Waals surface area contributed by atoms with E-state index in [1.807, 2.05) is 49.6 Å². The van der Waals surface area contributed by atoms with Gasteiger partial charge in [-0.25, -0.2) is 9.78 Å². The Balaban J connectivity index is 1.54. The van der Waals surface area contributed by atoms with Gasteiger partial charge in [-0.1, -0.05) is 31.0 Å². The normalized spacial score (nSPS) is 11.0. The van der Waals surface area contributed by atoms with E-state index in [0.29, 0.717) is 22.2 Å². The monoisotopic (exact) mass is 462 g/mol. The lowest BCUT2D eigenvalue weighted by Crippen LogP contribution is -2.23. The Morgan fingerprint density at radius 2 is 1.97 bits per heavy atom. The molecule has 1 amide bonds. The number of aromatic nitrogens is 1. The van der Waals surface area contributed by atoms with Gasteiger partial charge in [0, 0.05) is 29.8 Å². The number of hydrogen-bond acceptors (Lipinski definition) is 6. The van der Waals surface area contributed by atoms with Crippen LogP contribution in [0, 0.1) is 13.8 Å². The van der Waals surface area contributed by atoms with Crippen molar-refractivity contribution in [2.45, 2.75) is 47.1 Å². The minimum atomic E-state index is -0.358. The van der Waals surface area contributed by atoms with Gasteiger partial charge in [-0.3, -0.25) is 9.69 Å². The lowest BCUT2D eigenvalue weighted by molar-refractivity contribution is -0.115. The van der Waals surface area contributed by atoms with Gasteiger partial charge >= 0.3 is 5.63 Å². The SMILES string of the molecule is CCCc1cc(=O)oc2cc(OCc3csc(N(C(C)=O)c4ccc(C)cc4C)n3)ccc12. The summed E-state index contributed by atoms with van der Waals surface area (Å²) in [6.07, 6.45) is 1.76. The van der Waals surface area contributed by atoms with Gasteiger partial charge in [0.1, 0.15) is 17.9 Å². The Bertz CT molecular complexity index is 1370. The number of anilines is 2. The van der Waals surface area contributed by atoms with E-state index in [9.17, 15) is 9.59 Å². The Kier molecular flexibility index (Phi) is 6.60. The largest absolute Gasteiger partial charge is 0.487 e. The van der Waals surface area contributed by atoms with Crippen LogP contribution in [0.2, 0.25) is 0 Å². The first-order valence-electron chi connectivity index (χ1n) is 10.9. The van der Waals surface area contributed by atoms with E-state index in [1.165, 1.54) is 18.3 Å². The van der Waals surface area contributed by atoms with Gasteiger partial charge in [-0.15, -0.1) is 11.3 Å². The Morgan fingerprint density at radius 3 is 2.70 bits per heavy atom. The highest BCUT2D eigenvalue weighted by Gasteiger charge is 2.20. The molecular weight excluding hydrogens is 436 g/mol. The highest BCUT2D eigenvalue weighted by Crippen LogP contribution is 2.32. The Labute approximate surface area is 196 Å². The standard InChI is InChI=1S/C26H26N2O4S/c1-5-6-19-12-25(30)32-24-13-21(8-9-22(19)24)31-14-20-15-33-26(27-20)28(18(4)29)23-10-7-16(2)11-17(23)3/h7-13,15H,5-6,14H2,1-4H3. The second-order valence-electron chi connectivity index (χ2n) is 8.05. The summed E-state index contributed by atoms with van der Waals surface area (Å²) < 4.78 is 11.3. The average Bonchev–Trinajstić information content (AvgIpc) is 3.22. The van der Waals surface area contributed by atoms with Crippen LogP contribution in [0.3, 0.4) is 0 Å². The molecule has 4 aromatic rings. The molecule has 0 atom stereocenters. The summed E-state index contributed by atoms with van der Waals surface area (Å²) in [5.41, 5.74) is 4.83. The molecule has 0 aliphatic rings. The zero-order valence-electron chi connectivity index (χ0n) is 19.2. The van der Waals surface area contributed by atoms with E-state index in [1.54, 1.807) is 17.0 Å². The van der Waals surface area contributed by atoms with Gasteiger partial charge in [0.2, 0.25) is 5.91 Å². The van der Waals surface area contributed by atoms with Crippen LogP contribution in [0.5, 0.6) is 5.75 Å². The zero-order valence-corrected chi connectivity index (χ0v) is 20.0. The zero-order chi connectivity index (χ0) is 23.5. The minimum Gasteiger partial charge on any atom is -0.487 e. The number of benzene rings is 2. The summed E-state index contributed by atoms with van der Waals surface area (Å²) in [4.78, 5) is 30.6. The lowest BCUT2D eigenvalue weighted by atomic mass is 10.1. The van der Waals surface area contributed by atoms with Crippen LogP contribution >= 0.6 is 11.3 Å². The van der Waals surface area contributed by atoms with Gasteiger partial charge in [0.05, 0.1) is 11.4 Å². The number of thiazole rings is 1. The van der Waals surface area contributed by atoms with Gasteiger partial charge in [0.15, 0.2) is 5.13 Å². The molecule has 6 nitrogen and oxygen atoms in total. The van der Waals surface area contributed by atoms with E-state index in [4.69, 9.17) is 9.15 Å². The van der Waals surface area contributed by atoms with Crippen LogP contribution in [0.25, 0.3) is 11.0 Å². The Hall–Kier alpha value is -3.45. The van der Waals surface area contributed by atoms with Crippen molar-refractivity contribution in [2.24, 2.45) is 0 Å². The predicted octanol–water partition coefficient (Wildman–Crippen LogP) is 6.08. The summed E-state index contributed by atoms with van der Waals surface area (Å²) in [7, 11) is 0. The number of ether oxygens (including phenoxy) is 1. The second-order valence-corrected chi connectivity index (χ2v) is 8.89. The van der Waals surface area contributed by atoms with Crippen molar-refractivity contribution in [1.29, 1.82) is 0 Å². The lowest BCUT2D eigenvalue weighted by Gasteiger charge is -2.20. The highest BCUT2D eigenvalue weighted by atomic mass is 32.1. The molecule has 0 unspecified atom stereocenters. The molecule has 170 valence electrons. The van der Waals surface area contributed by atoms with Crippen molar-refractivity contribution in [3.05, 3.63) is 80.6 Å². The predicted molar refractivity (Wildman–Crippen MR) is 132 cm³/mol.